The summed E-state index contributed by atoms with van der Waals surface area (Å²) in [5, 5.41) is 4.11. The molecule has 0 bridgehead atoms. The average Bonchev–Trinajstić information content (AvgIpc) is 3.13. The lowest BCUT2D eigenvalue weighted by atomic mass is 10.0. The summed E-state index contributed by atoms with van der Waals surface area (Å²) in [7, 11) is 3.34. The van der Waals surface area contributed by atoms with Crippen molar-refractivity contribution in [2.45, 2.75) is 26.4 Å². The molecule has 0 aliphatic rings. The maximum absolute atomic E-state index is 12.4. The number of H-pyrrole nitrogens is 1. The van der Waals surface area contributed by atoms with E-state index in [1.54, 1.807) is 20.4 Å². The predicted molar refractivity (Wildman–Crippen MR) is 116 cm³/mol. The van der Waals surface area contributed by atoms with E-state index < -0.39 is 0 Å². The van der Waals surface area contributed by atoms with E-state index >= 15 is 0 Å². The zero-order valence-electron chi connectivity index (χ0n) is 17.5. The smallest absolute Gasteiger partial charge is 0.277 e. The first-order chi connectivity index (χ1) is 14.5. The molecule has 0 aliphatic heterocycles. The molecular weight excluding hydrogens is 380 g/mol. The summed E-state index contributed by atoms with van der Waals surface area (Å²) in [6, 6.07) is 13.7. The molecule has 7 heteroatoms. The van der Waals surface area contributed by atoms with E-state index in [1.807, 2.05) is 30.3 Å². The molecule has 154 valence electrons. The van der Waals surface area contributed by atoms with Crippen LogP contribution < -0.4 is 15.0 Å². The molecule has 0 atom stereocenters. The van der Waals surface area contributed by atoms with E-state index in [1.165, 1.54) is 10.2 Å². The van der Waals surface area contributed by atoms with Crippen molar-refractivity contribution in [1.29, 1.82) is 0 Å². The van der Waals surface area contributed by atoms with Gasteiger partial charge in [-0.2, -0.15) is 5.10 Å². The molecule has 0 fully saturated rings. The van der Waals surface area contributed by atoms with Crippen LogP contribution in [0, 0.1) is 0 Å². The number of aromatic nitrogens is 4. The van der Waals surface area contributed by atoms with Crippen LogP contribution in [0.1, 0.15) is 30.9 Å². The molecule has 0 aliphatic carbocycles. The van der Waals surface area contributed by atoms with Crippen LogP contribution in [0.15, 0.2) is 53.5 Å². The first-order valence-electron chi connectivity index (χ1n) is 9.78. The Balaban J connectivity index is 1.63. The monoisotopic (exact) mass is 404 g/mol. The number of aromatic amines is 1. The summed E-state index contributed by atoms with van der Waals surface area (Å²) >= 11 is 0. The van der Waals surface area contributed by atoms with Gasteiger partial charge in [0.05, 0.1) is 13.3 Å². The molecule has 0 spiro atoms. The Labute approximate surface area is 174 Å². The number of hydrogen-bond acceptors (Lipinski definition) is 5. The van der Waals surface area contributed by atoms with Gasteiger partial charge in [-0.25, -0.2) is 4.98 Å². The van der Waals surface area contributed by atoms with Gasteiger partial charge >= 0.3 is 0 Å². The van der Waals surface area contributed by atoms with Gasteiger partial charge in [0, 0.05) is 18.2 Å². The number of nitrogens with zero attached hydrogens (tertiary/aromatic N) is 3. The molecular formula is C23H24N4O3. The first kappa shape index (κ1) is 19.7. The Morgan fingerprint density at radius 2 is 1.90 bits per heavy atom. The minimum absolute atomic E-state index is 0.228. The lowest BCUT2D eigenvalue weighted by molar-refractivity contribution is 0.296. The summed E-state index contributed by atoms with van der Waals surface area (Å²) in [6.45, 7) is 4.65. The van der Waals surface area contributed by atoms with Gasteiger partial charge in [-0.05, 0) is 41.8 Å². The molecule has 2 aromatic carbocycles. The van der Waals surface area contributed by atoms with E-state index in [2.05, 4.69) is 41.0 Å². The highest BCUT2D eigenvalue weighted by Crippen LogP contribution is 2.27. The van der Waals surface area contributed by atoms with E-state index in [4.69, 9.17) is 9.47 Å². The van der Waals surface area contributed by atoms with Crippen LogP contribution in [-0.2, 0) is 13.7 Å². The van der Waals surface area contributed by atoms with Crippen molar-refractivity contribution in [2.75, 3.05) is 7.11 Å². The molecule has 30 heavy (non-hydrogen) atoms. The van der Waals surface area contributed by atoms with Crippen LogP contribution in [0.3, 0.4) is 0 Å². The van der Waals surface area contributed by atoms with Crippen molar-refractivity contribution in [1.82, 2.24) is 19.7 Å². The number of nitrogens with one attached hydrogen (secondary N) is 1. The highest BCUT2D eigenvalue weighted by molar-refractivity contribution is 5.75. The van der Waals surface area contributed by atoms with Crippen LogP contribution in [0.5, 0.6) is 11.5 Å². The lowest BCUT2D eigenvalue weighted by Crippen LogP contribution is -2.12. The fourth-order valence-corrected chi connectivity index (χ4v) is 3.37. The Morgan fingerprint density at radius 1 is 1.13 bits per heavy atom. The zero-order chi connectivity index (χ0) is 21.3. The molecule has 4 rings (SSSR count). The summed E-state index contributed by atoms with van der Waals surface area (Å²) in [4.78, 5) is 19.8. The SMILES string of the molecule is COc1ccc(-c2nc3cnn(C)c3c(=O)[nH]2)cc1COc1ccc(C(C)C)cc1. The van der Waals surface area contributed by atoms with Gasteiger partial charge < -0.3 is 14.5 Å². The molecule has 7 nitrogen and oxygen atoms in total. The van der Waals surface area contributed by atoms with E-state index in [9.17, 15) is 4.79 Å². The Hall–Kier alpha value is -3.61. The van der Waals surface area contributed by atoms with Crippen LogP contribution >= 0.6 is 0 Å². The van der Waals surface area contributed by atoms with Crippen molar-refractivity contribution in [3.05, 3.63) is 70.1 Å². The quantitative estimate of drug-likeness (QED) is 0.525. The fraction of sp³-hybridized carbons (Fsp3) is 0.261. The van der Waals surface area contributed by atoms with Crippen molar-refractivity contribution < 1.29 is 9.47 Å². The average molecular weight is 404 g/mol. The summed E-state index contributed by atoms with van der Waals surface area (Å²) in [5.74, 6) is 2.45. The standard InChI is InChI=1S/C23H24N4O3/c1-14(2)15-5-8-18(9-6-15)30-13-17-11-16(7-10-20(17)29-4)22-25-19-12-24-27(3)21(19)23(28)26-22/h5-12,14H,13H2,1-4H3,(H,25,26,28). The normalized spacial score (nSPS) is 11.2. The third kappa shape index (κ3) is 3.78. The van der Waals surface area contributed by atoms with Crippen molar-refractivity contribution in [3.63, 3.8) is 0 Å². The minimum Gasteiger partial charge on any atom is -0.496 e. The molecule has 0 amide bonds. The van der Waals surface area contributed by atoms with Gasteiger partial charge in [0.15, 0.2) is 5.52 Å². The maximum atomic E-state index is 12.4. The maximum Gasteiger partial charge on any atom is 0.277 e. The lowest BCUT2D eigenvalue weighted by Gasteiger charge is -2.13. The summed E-state index contributed by atoms with van der Waals surface area (Å²) < 4.78 is 13.0. The number of methoxy groups -OCH3 is 1. The second kappa shape index (κ2) is 8.02. The van der Waals surface area contributed by atoms with Crippen LogP contribution in [0.25, 0.3) is 22.4 Å². The Bertz CT molecular complexity index is 1240. The number of aryl methyl sites for hydroxylation is 1. The van der Waals surface area contributed by atoms with Gasteiger partial charge in [-0.1, -0.05) is 26.0 Å². The summed E-state index contributed by atoms with van der Waals surface area (Å²) in [5.41, 5.74) is 3.66. The number of ether oxygens (including phenoxy) is 2. The van der Waals surface area contributed by atoms with E-state index in [-0.39, 0.29) is 5.56 Å². The zero-order valence-corrected chi connectivity index (χ0v) is 17.5. The number of benzene rings is 2. The molecule has 2 aromatic heterocycles. The molecule has 4 aromatic rings. The highest BCUT2D eigenvalue weighted by Gasteiger charge is 2.12. The highest BCUT2D eigenvalue weighted by atomic mass is 16.5. The molecule has 0 radical (unpaired) electrons. The van der Waals surface area contributed by atoms with Crippen LogP contribution in [0.4, 0.5) is 0 Å². The van der Waals surface area contributed by atoms with Crippen molar-refractivity contribution >= 4 is 11.0 Å². The minimum atomic E-state index is -0.228. The number of rotatable bonds is 6. The van der Waals surface area contributed by atoms with Gasteiger partial charge in [0.2, 0.25) is 0 Å². The molecule has 0 saturated carbocycles. The van der Waals surface area contributed by atoms with E-state index in [0.717, 1.165) is 16.9 Å². The van der Waals surface area contributed by atoms with Gasteiger partial charge in [-0.15, -0.1) is 0 Å². The first-order valence-corrected chi connectivity index (χ1v) is 9.78. The number of fused-ring (bicyclic) bond motifs is 1. The second-order valence-electron chi connectivity index (χ2n) is 7.46. The Morgan fingerprint density at radius 3 is 2.60 bits per heavy atom. The third-order valence-electron chi connectivity index (χ3n) is 5.09. The Kier molecular flexibility index (Phi) is 5.27. The number of hydrogen-bond donors (Lipinski definition) is 1. The van der Waals surface area contributed by atoms with Crippen molar-refractivity contribution in [3.8, 4) is 22.9 Å². The van der Waals surface area contributed by atoms with Crippen molar-refractivity contribution in [2.24, 2.45) is 7.05 Å². The molecule has 2 heterocycles. The van der Waals surface area contributed by atoms with E-state index in [0.29, 0.717) is 35.1 Å². The van der Waals surface area contributed by atoms with Gasteiger partial charge in [0.25, 0.3) is 5.56 Å². The predicted octanol–water partition coefficient (Wildman–Crippen LogP) is 4.03. The largest absolute Gasteiger partial charge is 0.496 e. The van der Waals surface area contributed by atoms with Gasteiger partial charge in [-0.3, -0.25) is 9.48 Å². The van der Waals surface area contributed by atoms with Crippen LogP contribution in [-0.4, -0.2) is 26.9 Å². The topological polar surface area (TPSA) is 82.0 Å². The van der Waals surface area contributed by atoms with Gasteiger partial charge in [0.1, 0.15) is 29.4 Å². The fourth-order valence-electron chi connectivity index (χ4n) is 3.37. The second-order valence-corrected chi connectivity index (χ2v) is 7.46. The third-order valence-corrected chi connectivity index (χ3v) is 5.09. The summed E-state index contributed by atoms with van der Waals surface area (Å²) in [6.07, 6.45) is 1.59. The molecule has 0 saturated heterocycles. The van der Waals surface area contributed by atoms with Crippen LogP contribution in [0.2, 0.25) is 0 Å². The molecule has 0 unspecified atom stereocenters. The molecule has 1 N–H and O–H groups in total.